The van der Waals surface area contributed by atoms with Gasteiger partial charge in [-0.15, -0.1) is 5.10 Å². The molecule has 32 heavy (non-hydrogen) atoms. The molecule has 166 valence electrons. The minimum Gasteiger partial charge on any atom is -0.496 e. The third kappa shape index (κ3) is 4.21. The molecule has 2 aromatic heterocycles. The number of ether oxygens (including phenoxy) is 1. The van der Waals surface area contributed by atoms with Crippen LogP contribution in [0.25, 0.3) is 22.0 Å². The van der Waals surface area contributed by atoms with Crippen LogP contribution in [0.1, 0.15) is 5.56 Å². The molecule has 7 nitrogen and oxygen atoms in total. The van der Waals surface area contributed by atoms with Gasteiger partial charge in [-0.25, -0.2) is 13.4 Å². The lowest BCUT2D eigenvalue weighted by Gasteiger charge is -2.13. The molecule has 13 heteroatoms. The Kier molecular flexibility index (Phi) is 5.46. The average Bonchev–Trinajstić information content (AvgIpc) is 3.15. The zero-order valence-electron chi connectivity index (χ0n) is 16.0. The first kappa shape index (κ1) is 21.9. The lowest BCUT2D eigenvalue weighted by atomic mass is 10.0. The van der Waals surface area contributed by atoms with E-state index in [4.69, 9.17) is 4.74 Å². The number of hydrogen-bond donors (Lipinski definition) is 1. The van der Waals surface area contributed by atoms with Crippen LogP contribution in [0.4, 0.5) is 22.7 Å². The number of fused-ring (bicyclic) bond motifs is 1. The summed E-state index contributed by atoms with van der Waals surface area (Å²) in [5, 5.41) is 7.88. The summed E-state index contributed by atoms with van der Waals surface area (Å²) in [7, 11) is -2.84. The van der Waals surface area contributed by atoms with Crippen LogP contribution < -0.4 is 9.46 Å². The van der Waals surface area contributed by atoms with Crippen LogP contribution >= 0.6 is 11.3 Å². The first-order valence-electron chi connectivity index (χ1n) is 8.74. The summed E-state index contributed by atoms with van der Waals surface area (Å²) in [6.07, 6.45) is -2.34. The highest BCUT2D eigenvalue weighted by Crippen LogP contribution is 2.38. The Hall–Kier alpha value is -3.32. The molecule has 0 aliphatic rings. The lowest BCUT2D eigenvalue weighted by Crippen LogP contribution is -2.12. The van der Waals surface area contributed by atoms with Crippen LogP contribution in [0.2, 0.25) is 0 Å². The molecular formula is C19H12F4N4O3S2. The average molecular weight is 484 g/mol. The van der Waals surface area contributed by atoms with Crippen molar-refractivity contribution >= 4 is 37.3 Å². The maximum Gasteiger partial charge on any atom is 0.416 e. The van der Waals surface area contributed by atoms with Crippen LogP contribution in [-0.2, 0) is 16.2 Å². The third-order valence-corrected chi connectivity index (χ3v) is 6.59. The van der Waals surface area contributed by atoms with Gasteiger partial charge in [-0.1, -0.05) is 17.4 Å². The van der Waals surface area contributed by atoms with Gasteiger partial charge in [-0.05, 0) is 30.3 Å². The minimum absolute atomic E-state index is 0.0641. The Labute approximate surface area is 182 Å². The molecule has 0 saturated heterocycles. The van der Waals surface area contributed by atoms with Gasteiger partial charge in [-0.2, -0.15) is 22.7 Å². The molecule has 0 radical (unpaired) electrons. The van der Waals surface area contributed by atoms with Gasteiger partial charge >= 0.3 is 6.18 Å². The van der Waals surface area contributed by atoms with E-state index in [1.807, 2.05) is 0 Å². The van der Waals surface area contributed by atoms with E-state index >= 15 is 0 Å². The molecule has 4 aromatic rings. The molecule has 2 aromatic carbocycles. The number of methoxy groups -OCH3 is 1. The molecule has 0 fully saturated rings. The van der Waals surface area contributed by atoms with E-state index in [9.17, 15) is 26.0 Å². The van der Waals surface area contributed by atoms with Crippen LogP contribution in [0.15, 0.2) is 53.7 Å². The van der Waals surface area contributed by atoms with Crippen LogP contribution in [-0.4, -0.2) is 30.7 Å². The van der Waals surface area contributed by atoms with Gasteiger partial charge in [0.25, 0.3) is 10.0 Å². The molecule has 0 amide bonds. The van der Waals surface area contributed by atoms with Crippen molar-refractivity contribution in [1.82, 2.24) is 15.2 Å². The van der Waals surface area contributed by atoms with Crippen molar-refractivity contribution in [3.63, 3.8) is 0 Å². The first-order valence-corrected chi connectivity index (χ1v) is 11.0. The second-order valence-corrected chi connectivity index (χ2v) is 9.09. The predicted octanol–water partition coefficient (Wildman–Crippen LogP) is 4.72. The maximum absolute atomic E-state index is 13.1. The number of nitrogens with zero attached hydrogens (tertiary/aromatic N) is 3. The number of benzene rings is 2. The van der Waals surface area contributed by atoms with Gasteiger partial charge in [0.05, 0.1) is 30.0 Å². The number of alkyl halides is 3. The summed E-state index contributed by atoms with van der Waals surface area (Å²) in [5.41, 5.74) is -0.415. The molecule has 4 rings (SSSR count). The fourth-order valence-electron chi connectivity index (χ4n) is 2.97. The van der Waals surface area contributed by atoms with E-state index in [1.54, 1.807) is 0 Å². The Bertz CT molecular complexity index is 1420. The van der Waals surface area contributed by atoms with Crippen molar-refractivity contribution in [2.24, 2.45) is 0 Å². The van der Waals surface area contributed by atoms with Crippen molar-refractivity contribution in [2.75, 3.05) is 11.8 Å². The standard InChI is InChI=1S/C19H12F4N4O3S2/c1-30-15-7-11(19(21,22)23)2-4-14(15)17-13-5-3-12(6-10(13)8-25-26-17)32(28,29)27-18-24-9-16(20)31-18/h2-9H,1H3,(H,24,27). The number of sulfonamides is 1. The molecule has 0 atom stereocenters. The van der Waals surface area contributed by atoms with Crippen molar-refractivity contribution in [3.05, 3.63) is 59.5 Å². The summed E-state index contributed by atoms with van der Waals surface area (Å²) in [5.74, 6) is -0.0641. The molecule has 0 bridgehead atoms. The molecule has 0 unspecified atom stereocenters. The zero-order chi connectivity index (χ0) is 23.1. The van der Waals surface area contributed by atoms with Gasteiger partial charge in [0.1, 0.15) is 11.4 Å². The number of halogens is 4. The zero-order valence-corrected chi connectivity index (χ0v) is 17.6. The first-order chi connectivity index (χ1) is 15.1. The van der Waals surface area contributed by atoms with E-state index in [-0.39, 0.29) is 27.0 Å². The predicted molar refractivity (Wildman–Crippen MR) is 109 cm³/mol. The highest BCUT2D eigenvalue weighted by atomic mass is 32.2. The third-order valence-electron chi connectivity index (χ3n) is 4.43. The van der Waals surface area contributed by atoms with E-state index in [2.05, 4.69) is 19.9 Å². The van der Waals surface area contributed by atoms with Crippen LogP contribution in [0, 0.1) is 5.13 Å². The summed E-state index contributed by atoms with van der Waals surface area (Å²) >= 11 is 0.535. The number of nitrogens with one attached hydrogen (secondary N) is 1. The van der Waals surface area contributed by atoms with E-state index in [1.165, 1.54) is 37.6 Å². The fraction of sp³-hybridized carbons (Fsp3) is 0.105. The Morgan fingerprint density at radius 2 is 1.88 bits per heavy atom. The fourth-order valence-corrected chi connectivity index (χ4v) is 4.79. The smallest absolute Gasteiger partial charge is 0.416 e. The monoisotopic (exact) mass is 484 g/mol. The quantitative estimate of drug-likeness (QED) is 0.412. The second kappa shape index (κ2) is 7.98. The van der Waals surface area contributed by atoms with E-state index < -0.39 is 26.9 Å². The van der Waals surface area contributed by atoms with E-state index in [0.29, 0.717) is 22.1 Å². The highest BCUT2D eigenvalue weighted by Gasteiger charge is 2.31. The number of hydrogen-bond acceptors (Lipinski definition) is 7. The molecule has 0 aliphatic heterocycles. The molecule has 0 aliphatic carbocycles. The minimum atomic E-state index is -4.55. The Morgan fingerprint density at radius 1 is 1.09 bits per heavy atom. The second-order valence-electron chi connectivity index (χ2n) is 6.43. The van der Waals surface area contributed by atoms with Gasteiger partial charge < -0.3 is 4.74 Å². The topological polar surface area (TPSA) is 94.1 Å². The molecular weight excluding hydrogens is 472 g/mol. The highest BCUT2D eigenvalue weighted by molar-refractivity contribution is 7.93. The Morgan fingerprint density at radius 3 is 2.53 bits per heavy atom. The van der Waals surface area contributed by atoms with Crippen molar-refractivity contribution < 1.29 is 30.7 Å². The van der Waals surface area contributed by atoms with Crippen molar-refractivity contribution in [2.45, 2.75) is 11.1 Å². The largest absolute Gasteiger partial charge is 0.496 e. The summed E-state index contributed by atoms with van der Waals surface area (Å²) in [4.78, 5) is 3.48. The van der Waals surface area contributed by atoms with Crippen molar-refractivity contribution in [3.8, 4) is 17.0 Å². The molecule has 0 spiro atoms. The number of rotatable bonds is 5. The molecule has 0 saturated carbocycles. The van der Waals surface area contributed by atoms with Crippen LogP contribution in [0.5, 0.6) is 5.75 Å². The van der Waals surface area contributed by atoms with Gasteiger partial charge in [0.2, 0.25) is 0 Å². The van der Waals surface area contributed by atoms with Gasteiger partial charge in [0, 0.05) is 16.3 Å². The van der Waals surface area contributed by atoms with Gasteiger partial charge in [0.15, 0.2) is 10.3 Å². The van der Waals surface area contributed by atoms with Crippen LogP contribution in [0.3, 0.4) is 0 Å². The number of aromatic nitrogens is 3. The number of anilines is 1. The molecule has 2 heterocycles. The van der Waals surface area contributed by atoms with Crippen molar-refractivity contribution in [1.29, 1.82) is 0 Å². The number of thiazole rings is 1. The summed E-state index contributed by atoms with van der Waals surface area (Å²) in [6, 6.07) is 7.02. The maximum atomic E-state index is 13.1. The van der Waals surface area contributed by atoms with Gasteiger partial charge in [-0.3, -0.25) is 4.72 Å². The summed E-state index contributed by atoms with van der Waals surface area (Å²) < 4.78 is 84.7. The summed E-state index contributed by atoms with van der Waals surface area (Å²) in [6.45, 7) is 0. The normalized spacial score (nSPS) is 12.2. The Balaban J connectivity index is 1.78. The SMILES string of the molecule is COc1cc(C(F)(F)F)ccc1-c1nncc2cc(S(=O)(=O)Nc3ncc(F)s3)ccc12. The molecule has 1 N–H and O–H groups in total. The lowest BCUT2D eigenvalue weighted by molar-refractivity contribution is -0.137. The van der Waals surface area contributed by atoms with E-state index in [0.717, 1.165) is 18.3 Å².